The van der Waals surface area contributed by atoms with Gasteiger partial charge in [0, 0.05) is 15.1 Å². The number of phenols is 1. The normalized spacial score (nSPS) is 10.8. The van der Waals surface area contributed by atoms with Crippen molar-refractivity contribution in [3.8, 4) is 11.5 Å². The highest BCUT2D eigenvalue weighted by Crippen LogP contribution is 2.38. The molecule has 0 aliphatic rings. The molecule has 0 atom stereocenters. The van der Waals surface area contributed by atoms with E-state index in [0.717, 1.165) is 0 Å². The average molecular weight is 541 g/mol. The third-order valence-corrected chi connectivity index (χ3v) is 5.03. The van der Waals surface area contributed by atoms with Gasteiger partial charge in [0.2, 0.25) is 0 Å². The molecule has 0 saturated carbocycles. The van der Waals surface area contributed by atoms with Crippen LogP contribution in [-0.4, -0.2) is 23.8 Å². The minimum Gasteiger partial charge on any atom is -0.506 e. The van der Waals surface area contributed by atoms with Crippen LogP contribution in [0.4, 0.5) is 0 Å². The van der Waals surface area contributed by atoms with E-state index in [9.17, 15) is 9.90 Å². The first-order valence-corrected chi connectivity index (χ1v) is 9.21. The number of carbonyl (C=O) groups excluding carboxylic acids is 1. The Morgan fingerprint density at radius 2 is 2.04 bits per heavy atom. The van der Waals surface area contributed by atoms with Crippen LogP contribution >= 0.6 is 59.4 Å². The molecule has 0 fully saturated rings. The summed E-state index contributed by atoms with van der Waals surface area (Å²) in [6.07, 6.45) is 1.40. The Morgan fingerprint density at radius 1 is 1.29 bits per heavy atom. The van der Waals surface area contributed by atoms with Crippen molar-refractivity contribution >= 4 is 71.5 Å². The minimum atomic E-state index is -0.431. The summed E-state index contributed by atoms with van der Waals surface area (Å²) in [4.78, 5) is 11.7. The molecule has 5 nitrogen and oxygen atoms in total. The van der Waals surface area contributed by atoms with E-state index in [1.54, 1.807) is 30.3 Å². The Kier molecular flexibility index (Phi) is 7.09. The quantitative estimate of drug-likeness (QED) is 0.420. The summed E-state index contributed by atoms with van der Waals surface area (Å²) in [6.45, 7) is -0.203. The number of nitrogens with zero attached hydrogens (tertiary/aromatic N) is 1. The van der Waals surface area contributed by atoms with Gasteiger partial charge in [0.15, 0.2) is 6.61 Å². The van der Waals surface area contributed by atoms with Gasteiger partial charge in [0.25, 0.3) is 5.91 Å². The van der Waals surface area contributed by atoms with Gasteiger partial charge in [-0.2, -0.15) is 5.10 Å². The summed E-state index contributed by atoms with van der Waals surface area (Å²) >= 11 is 15.7. The van der Waals surface area contributed by atoms with Gasteiger partial charge in [0.05, 0.1) is 15.2 Å². The topological polar surface area (TPSA) is 70.9 Å². The molecule has 1 amide bonds. The molecule has 126 valence electrons. The lowest BCUT2D eigenvalue weighted by Gasteiger charge is -2.07. The first-order valence-electron chi connectivity index (χ1n) is 6.45. The monoisotopic (exact) mass is 538 g/mol. The molecule has 0 aliphatic carbocycles. The zero-order valence-electron chi connectivity index (χ0n) is 11.9. The van der Waals surface area contributed by atoms with Crippen LogP contribution < -0.4 is 10.2 Å². The Balaban J connectivity index is 1.94. The van der Waals surface area contributed by atoms with Crippen LogP contribution in [0.3, 0.4) is 0 Å². The Hall–Kier alpha value is -1.09. The van der Waals surface area contributed by atoms with E-state index in [4.69, 9.17) is 16.3 Å². The van der Waals surface area contributed by atoms with E-state index in [-0.39, 0.29) is 12.4 Å². The molecule has 0 spiro atoms. The molecule has 0 saturated heterocycles. The van der Waals surface area contributed by atoms with Gasteiger partial charge in [-0.25, -0.2) is 5.43 Å². The van der Waals surface area contributed by atoms with E-state index in [1.165, 1.54) is 6.21 Å². The fourth-order valence-corrected chi connectivity index (χ4v) is 4.13. The number of carbonyl (C=O) groups is 1. The van der Waals surface area contributed by atoms with E-state index in [0.29, 0.717) is 29.8 Å². The first kappa shape index (κ1) is 19.2. The summed E-state index contributed by atoms with van der Waals surface area (Å²) in [5.41, 5.74) is 2.92. The molecule has 0 unspecified atom stereocenters. The van der Waals surface area contributed by atoms with Gasteiger partial charge in [-0.15, -0.1) is 0 Å². The second-order valence-corrected chi connectivity index (χ2v) is 7.39. The lowest BCUT2D eigenvalue weighted by molar-refractivity contribution is -0.123. The maximum absolute atomic E-state index is 11.7. The van der Waals surface area contributed by atoms with Crippen LogP contribution in [0.25, 0.3) is 0 Å². The molecule has 2 N–H and O–H groups in total. The predicted octanol–water partition coefficient (Wildman–Crippen LogP) is 4.86. The van der Waals surface area contributed by atoms with Crippen molar-refractivity contribution in [1.29, 1.82) is 0 Å². The fraction of sp³-hybridized carbons (Fsp3) is 0.0667. The average Bonchev–Trinajstić information content (AvgIpc) is 2.54. The van der Waals surface area contributed by atoms with E-state index in [1.807, 2.05) is 0 Å². The summed E-state index contributed by atoms with van der Waals surface area (Å²) in [6, 6.07) is 8.41. The van der Waals surface area contributed by atoms with Crippen molar-refractivity contribution in [1.82, 2.24) is 5.43 Å². The first-order chi connectivity index (χ1) is 11.4. The number of ether oxygens (including phenoxy) is 1. The fourth-order valence-electron chi connectivity index (χ4n) is 1.62. The third-order valence-electron chi connectivity index (χ3n) is 2.73. The third kappa shape index (κ3) is 5.20. The van der Waals surface area contributed by atoms with Gasteiger partial charge in [0.1, 0.15) is 11.5 Å². The molecule has 0 aromatic heterocycles. The molecule has 0 heterocycles. The van der Waals surface area contributed by atoms with Gasteiger partial charge in [-0.1, -0.05) is 33.6 Å². The number of phenolic OH excluding ortho intramolecular Hbond substituents is 1. The zero-order chi connectivity index (χ0) is 17.7. The van der Waals surface area contributed by atoms with Crippen molar-refractivity contribution in [2.75, 3.05) is 6.61 Å². The smallest absolute Gasteiger partial charge is 0.277 e. The zero-order valence-corrected chi connectivity index (χ0v) is 17.4. The van der Waals surface area contributed by atoms with Crippen molar-refractivity contribution in [2.24, 2.45) is 5.10 Å². The highest BCUT2D eigenvalue weighted by molar-refractivity contribution is 9.11. The maximum Gasteiger partial charge on any atom is 0.277 e. The highest BCUT2D eigenvalue weighted by atomic mass is 79.9. The number of aromatic hydroxyl groups is 1. The minimum absolute atomic E-state index is 0.0373. The largest absolute Gasteiger partial charge is 0.506 e. The van der Waals surface area contributed by atoms with Crippen molar-refractivity contribution in [3.63, 3.8) is 0 Å². The van der Waals surface area contributed by atoms with Crippen LogP contribution in [0.5, 0.6) is 11.5 Å². The van der Waals surface area contributed by atoms with E-state index >= 15 is 0 Å². The van der Waals surface area contributed by atoms with Gasteiger partial charge in [-0.05, 0) is 56.1 Å². The van der Waals surface area contributed by atoms with Crippen LogP contribution in [0.2, 0.25) is 5.02 Å². The van der Waals surface area contributed by atoms with Crippen LogP contribution in [0.15, 0.2) is 48.9 Å². The van der Waals surface area contributed by atoms with Crippen LogP contribution in [-0.2, 0) is 4.79 Å². The molecule has 0 radical (unpaired) electrons. The number of nitrogens with one attached hydrogen (secondary N) is 1. The lowest BCUT2D eigenvalue weighted by atomic mass is 10.2. The summed E-state index contributed by atoms with van der Waals surface area (Å²) in [7, 11) is 0. The molecule has 2 aromatic rings. The number of rotatable bonds is 5. The molecular formula is C15H10Br3ClN2O3. The van der Waals surface area contributed by atoms with Gasteiger partial charge < -0.3 is 9.84 Å². The number of hydrogen-bond acceptors (Lipinski definition) is 4. The number of hydrazone groups is 1. The second kappa shape index (κ2) is 8.84. The van der Waals surface area contributed by atoms with Gasteiger partial charge >= 0.3 is 0 Å². The summed E-state index contributed by atoms with van der Waals surface area (Å²) in [5.74, 6) is 0.0972. The molecular weight excluding hydrogens is 531 g/mol. The van der Waals surface area contributed by atoms with Crippen molar-refractivity contribution in [2.45, 2.75) is 0 Å². The molecule has 2 rings (SSSR count). The van der Waals surface area contributed by atoms with E-state index < -0.39 is 5.91 Å². The van der Waals surface area contributed by atoms with E-state index in [2.05, 4.69) is 58.3 Å². The molecule has 24 heavy (non-hydrogen) atoms. The van der Waals surface area contributed by atoms with Crippen LogP contribution in [0, 0.1) is 0 Å². The predicted molar refractivity (Wildman–Crippen MR) is 104 cm³/mol. The Morgan fingerprint density at radius 3 is 2.75 bits per heavy atom. The second-order valence-electron chi connectivity index (χ2n) is 4.46. The van der Waals surface area contributed by atoms with Crippen LogP contribution in [0.1, 0.15) is 5.56 Å². The molecule has 0 bridgehead atoms. The number of amides is 1. The number of hydrogen-bond donors (Lipinski definition) is 2. The Bertz CT molecular complexity index is 800. The lowest BCUT2D eigenvalue weighted by Crippen LogP contribution is -2.24. The number of halogens is 4. The van der Waals surface area contributed by atoms with Crippen molar-refractivity contribution < 1.29 is 14.6 Å². The number of benzene rings is 2. The van der Waals surface area contributed by atoms with Crippen molar-refractivity contribution in [3.05, 3.63) is 54.3 Å². The highest BCUT2D eigenvalue weighted by Gasteiger charge is 2.12. The summed E-state index contributed by atoms with van der Waals surface area (Å²) < 4.78 is 6.95. The molecule has 0 aliphatic heterocycles. The standard InChI is InChI=1S/C15H10Br3ClN2O3/c16-11-5-12(17)15(23)14(18)10(11)6-20-21-13(22)7-24-9-3-1-2-8(19)4-9/h1-6,23H,7H2,(H,21,22)/b20-6-. The Labute approximate surface area is 168 Å². The summed E-state index contributed by atoms with van der Waals surface area (Å²) in [5, 5.41) is 14.2. The maximum atomic E-state index is 11.7. The molecule has 9 heteroatoms. The molecule has 2 aromatic carbocycles. The van der Waals surface area contributed by atoms with Gasteiger partial charge in [-0.3, -0.25) is 4.79 Å². The SMILES string of the molecule is O=C(COc1cccc(Cl)c1)N/N=C\c1c(Br)cc(Br)c(O)c1Br.